The average Bonchev–Trinajstić information content (AvgIpc) is 2.69. The van der Waals surface area contributed by atoms with Gasteiger partial charge in [-0.25, -0.2) is 5.01 Å². The molecule has 0 saturated heterocycles. The van der Waals surface area contributed by atoms with Gasteiger partial charge in [0, 0.05) is 24.7 Å². The van der Waals surface area contributed by atoms with Gasteiger partial charge in [-0.3, -0.25) is 14.9 Å². The van der Waals surface area contributed by atoms with Crippen molar-refractivity contribution in [3.05, 3.63) is 106 Å². The van der Waals surface area contributed by atoms with Crippen LogP contribution >= 0.6 is 0 Å². The number of nitrogens with zero attached hydrogens (tertiary/aromatic N) is 2. The third kappa shape index (κ3) is 5.02. The summed E-state index contributed by atoms with van der Waals surface area (Å²) >= 11 is 0. The Morgan fingerprint density at radius 3 is 1.93 bits per heavy atom. The Kier molecular flexibility index (Phi) is 6.14. The van der Waals surface area contributed by atoms with Gasteiger partial charge in [0.25, 0.3) is 5.69 Å². The number of Topliss-reactive ketones (excluding diaryl/α,β-unsaturated/α-hetero) is 1. The number of nitrogens with one attached hydrogen (secondary N) is 1. The summed E-state index contributed by atoms with van der Waals surface area (Å²) < 4.78 is 0. The van der Waals surface area contributed by atoms with Crippen molar-refractivity contribution in [1.29, 1.82) is 0 Å². The molecule has 0 heterocycles. The van der Waals surface area contributed by atoms with Crippen molar-refractivity contribution in [1.82, 2.24) is 5.01 Å². The molecule has 0 unspecified atom stereocenters. The molecule has 0 atom stereocenters. The first-order chi connectivity index (χ1) is 13.5. The lowest BCUT2D eigenvalue weighted by molar-refractivity contribution is -0.384. The number of carbonyl (C=O) groups excluding carboxylic acids is 1. The van der Waals surface area contributed by atoms with E-state index in [1.807, 2.05) is 65.7 Å². The highest BCUT2D eigenvalue weighted by atomic mass is 16.6. The molecule has 3 rings (SSSR count). The van der Waals surface area contributed by atoms with E-state index in [2.05, 4.69) is 5.43 Å². The van der Waals surface area contributed by atoms with E-state index in [0.29, 0.717) is 24.3 Å². The topological polar surface area (TPSA) is 75.5 Å². The number of nitro groups is 1. The summed E-state index contributed by atoms with van der Waals surface area (Å²) in [5.74, 6) is -0.208. The Morgan fingerprint density at radius 2 is 1.46 bits per heavy atom. The molecular weight excluding hydrogens is 354 g/mol. The lowest BCUT2D eigenvalue weighted by Crippen LogP contribution is -2.29. The van der Waals surface area contributed by atoms with Gasteiger partial charge in [0.05, 0.1) is 4.92 Å². The molecule has 3 aromatic rings. The van der Waals surface area contributed by atoms with Crippen LogP contribution in [0.4, 0.5) is 11.4 Å². The number of hydrazine groups is 1. The summed E-state index contributed by atoms with van der Waals surface area (Å²) in [5, 5.41) is 13.4. The summed E-state index contributed by atoms with van der Waals surface area (Å²) in [5.41, 5.74) is 5.87. The van der Waals surface area contributed by atoms with Gasteiger partial charge in [0.15, 0.2) is 5.78 Å². The van der Waals surface area contributed by atoms with Gasteiger partial charge < -0.3 is 5.43 Å². The summed E-state index contributed by atoms with van der Waals surface area (Å²) in [6, 6.07) is 24.3. The number of ketones is 1. The van der Waals surface area contributed by atoms with E-state index in [4.69, 9.17) is 0 Å². The second kappa shape index (κ2) is 8.92. The van der Waals surface area contributed by atoms with Gasteiger partial charge in [-0.15, -0.1) is 0 Å². The maximum absolute atomic E-state index is 11.6. The van der Waals surface area contributed by atoms with E-state index in [1.165, 1.54) is 13.0 Å². The molecule has 6 heteroatoms. The molecule has 0 radical (unpaired) electrons. The first kappa shape index (κ1) is 19.3. The molecule has 0 amide bonds. The zero-order chi connectivity index (χ0) is 19.9. The SMILES string of the molecule is CC(=O)c1ccc(NN(Cc2ccccc2)Cc2ccccc2)c([N+](=O)[O-])c1. The second-order valence-electron chi connectivity index (χ2n) is 6.48. The van der Waals surface area contributed by atoms with Crippen LogP contribution in [0.2, 0.25) is 0 Å². The maximum atomic E-state index is 11.6. The Hall–Kier alpha value is -3.51. The van der Waals surface area contributed by atoms with Gasteiger partial charge >= 0.3 is 0 Å². The van der Waals surface area contributed by atoms with Crippen LogP contribution in [-0.4, -0.2) is 15.7 Å². The Balaban J connectivity index is 1.90. The Labute approximate surface area is 163 Å². The van der Waals surface area contributed by atoms with E-state index in [1.54, 1.807) is 12.1 Å². The minimum atomic E-state index is -0.474. The van der Waals surface area contributed by atoms with Crippen molar-refractivity contribution in [3.8, 4) is 0 Å². The largest absolute Gasteiger partial charge is 0.312 e. The molecule has 0 aromatic heterocycles. The van der Waals surface area contributed by atoms with Crippen LogP contribution in [0.1, 0.15) is 28.4 Å². The number of carbonyl (C=O) groups is 1. The number of rotatable bonds is 8. The highest BCUT2D eigenvalue weighted by molar-refractivity contribution is 5.95. The monoisotopic (exact) mass is 375 g/mol. The molecule has 28 heavy (non-hydrogen) atoms. The Morgan fingerprint density at radius 1 is 0.929 bits per heavy atom. The Bertz CT molecular complexity index is 918. The van der Waals surface area contributed by atoms with E-state index in [9.17, 15) is 14.9 Å². The quantitative estimate of drug-likeness (QED) is 0.347. The molecule has 0 saturated carbocycles. The number of nitro benzene ring substituents is 1. The highest BCUT2D eigenvalue weighted by Crippen LogP contribution is 2.27. The third-order valence-electron chi connectivity index (χ3n) is 4.31. The maximum Gasteiger partial charge on any atom is 0.294 e. The highest BCUT2D eigenvalue weighted by Gasteiger charge is 2.18. The van der Waals surface area contributed by atoms with Crippen LogP contribution in [0, 0.1) is 10.1 Å². The molecule has 3 aromatic carbocycles. The third-order valence-corrected chi connectivity index (χ3v) is 4.31. The average molecular weight is 375 g/mol. The van der Waals surface area contributed by atoms with E-state index in [-0.39, 0.29) is 11.5 Å². The van der Waals surface area contributed by atoms with Crippen LogP contribution < -0.4 is 5.43 Å². The van der Waals surface area contributed by atoms with E-state index < -0.39 is 4.92 Å². The van der Waals surface area contributed by atoms with Crippen LogP contribution in [0.15, 0.2) is 78.9 Å². The van der Waals surface area contributed by atoms with Gasteiger partial charge in [-0.1, -0.05) is 60.7 Å². The molecular formula is C22H21N3O3. The minimum Gasteiger partial charge on any atom is -0.312 e. The minimum absolute atomic E-state index is 0.126. The molecule has 0 aliphatic rings. The lowest BCUT2D eigenvalue weighted by atomic mass is 10.1. The van der Waals surface area contributed by atoms with Crippen molar-refractivity contribution >= 4 is 17.2 Å². The first-order valence-electron chi connectivity index (χ1n) is 8.92. The van der Waals surface area contributed by atoms with Crippen molar-refractivity contribution in [2.45, 2.75) is 20.0 Å². The number of anilines is 1. The molecule has 0 bridgehead atoms. The van der Waals surface area contributed by atoms with Crippen molar-refractivity contribution in [3.63, 3.8) is 0 Å². The number of hydrogen-bond acceptors (Lipinski definition) is 5. The number of benzene rings is 3. The van der Waals surface area contributed by atoms with E-state index >= 15 is 0 Å². The summed E-state index contributed by atoms with van der Waals surface area (Å²) in [6.45, 7) is 2.51. The van der Waals surface area contributed by atoms with Crippen molar-refractivity contribution in [2.24, 2.45) is 0 Å². The summed E-state index contributed by atoms with van der Waals surface area (Å²) in [4.78, 5) is 22.6. The van der Waals surface area contributed by atoms with Crippen LogP contribution in [0.3, 0.4) is 0 Å². The van der Waals surface area contributed by atoms with Crippen LogP contribution in [-0.2, 0) is 13.1 Å². The molecule has 0 fully saturated rings. The number of hydrogen-bond donors (Lipinski definition) is 1. The standard InChI is InChI=1S/C22H21N3O3/c1-17(26)20-12-13-21(22(14-20)25(27)28)23-24(15-18-8-4-2-5-9-18)16-19-10-6-3-7-11-19/h2-14,23H,15-16H2,1H3. The fourth-order valence-corrected chi connectivity index (χ4v) is 2.91. The predicted molar refractivity (Wildman–Crippen MR) is 109 cm³/mol. The van der Waals surface area contributed by atoms with E-state index in [0.717, 1.165) is 11.1 Å². The summed E-state index contributed by atoms with van der Waals surface area (Å²) in [6.07, 6.45) is 0. The predicted octanol–water partition coefficient (Wildman–Crippen LogP) is 4.83. The van der Waals surface area contributed by atoms with Crippen molar-refractivity contribution in [2.75, 3.05) is 5.43 Å². The molecule has 0 aliphatic carbocycles. The molecule has 1 N–H and O–H groups in total. The fourth-order valence-electron chi connectivity index (χ4n) is 2.91. The van der Waals surface area contributed by atoms with Crippen LogP contribution in [0.25, 0.3) is 0 Å². The van der Waals surface area contributed by atoms with Gasteiger partial charge in [-0.05, 0) is 30.2 Å². The molecule has 6 nitrogen and oxygen atoms in total. The zero-order valence-electron chi connectivity index (χ0n) is 15.5. The molecule has 142 valence electrons. The van der Waals surface area contributed by atoms with Gasteiger partial charge in [0.2, 0.25) is 0 Å². The first-order valence-corrected chi connectivity index (χ1v) is 8.92. The van der Waals surface area contributed by atoms with Crippen LogP contribution in [0.5, 0.6) is 0 Å². The van der Waals surface area contributed by atoms with Gasteiger partial charge in [0.1, 0.15) is 5.69 Å². The second-order valence-corrected chi connectivity index (χ2v) is 6.48. The normalized spacial score (nSPS) is 10.6. The molecule has 0 aliphatic heterocycles. The smallest absolute Gasteiger partial charge is 0.294 e. The molecule has 0 spiro atoms. The summed E-state index contributed by atoms with van der Waals surface area (Å²) in [7, 11) is 0. The lowest BCUT2D eigenvalue weighted by Gasteiger charge is -2.24. The van der Waals surface area contributed by atoms with Crippen molar-refractivity contribution < 1.29 is 9.72 Å². The van der Waals surface area contributed by atoms with Gasteiger partial charge in [-0.2, -0.15) is 0 Å². The fraction of sp³-hybridized carbons (Fsp3) is 0.136. The zero-order valence-corrected chi connectivity index (χ0v) is 15.5.